The molecule has 0 amide bonds. The molecule has 0 N–H and O–H groups in total. The molecule has 2 nitrogen and oxygen atoms in total. The Labute approximate surface area is 97.7 Å². The summed E-state index contributed by atoms with van der Waals surface area (Å²) in [7, 11) is 0. The lowest BCUT2D eigenvalue weighted by Crippen LogP contribution is -2.18. The lowest BCUT2D eigenvalue weighted by atomic mass is 9.95. The predicted octanol–water partition coefficient (Wildman–Crippen LogP) is 3.40. The highest BCUT2D eigenvalue weighted by molar-refractivity contribution is 5.73. The van der Waals surface area contributed by atoms with Crippen LogP contribution >= 0.6 is 0 Å². The van der Waals surface area contributed by atoms with Gasteiger partial charge in [-0.2, -0.15) is 0 Å². The fourth-order valence-electron chi connectivity index (χ4n) is 1.77. The summed E-state index contributed by atoms with van der Waals surface area (Å²) < 4.78 is 5.10. The predicted molar refractivity (Wildman–Crippen MR) is 65.0 cm³/mol. The zero-order valence-corrected chi connectivity index (χ0v) is 10.2. The third-order valence-electron chi connectivity index (χ3n) is 2.65. The van der Waals surface area contributed by atoms with Crippen LogP contribution in [0.25, 0.3) is 0 Å². The Bertz CT molecular complexity index is 320. The zero-order chi connectivity index (χ0) is 11.8. The van der Waals surface area contributed by atoms with Crippen LogP contribution in [-0.4, -0.2) is 12.6 Å². The van der Waals surface area contributed by atoms with E-state index in [1.807, 2.05) is 25.2 Å². The second kappa shape index (κ2) is 7.08. The minimum atomic E-state index is -0.0643. The van der Waals surface area contributed by atoms with Crippen molar-refractivity contribution in [1.82, 2.24) is 0 Å². The number of hydrogen-bond acceptors (Lipinski definition) is 2. The van der Waals surface area contributed by atoms with Gasteiger partial charge in [0.15, 0.2) is 0 Å². The van der Waals surface area contributed by atoms with E-state index < -0.39 is 0 Å². The second-order valence-corrected chi connectivity index (χ2v) is 3.99. The van der Waals surface area contributed by atoms with E-state index in [4.69, 9.17) is 4.74 Å². The van der Waals surface area contributed by atoms with Crippen molar-refractivity contribution in [2.45, 2.75) is 39.5 Å². The van der Waals surface area contributed by atoms with Gasteiger partial charge in [-0.05, 0) is 31.4 Å². The molecule has 1 atom stereocenters. The summed E-state index contributed by atoms with van der Waals surface area (Å²) in [4.78, 5) is 11.7. The fraction of sp³-hybridized carbons (Fsp3) is 0.571. The largest absolute Gasteiger partial charge is 0.466 e. The van der Waals surface area contributed by atoms with E-state index >= 15 is 0 Å². The number of unbranched alkanes of at least 4 members (excludes halogenated alkanes) is 1. The van der Waals surface area contributed by atoms with Gasteiger partial charge in [-0.3, -0.25) is 4.79 Å². The quantitative estimate of drug-likeness (QED) is 0.485. The molecule has 0 saturated heterocycles. The molecule has 2 heteroatoms. The molecule has 1 unspecified atom stereocenters. The molecule has 0 radical (unpaired) electrons. The fourth-order valence-corrected chi connectivity index (χ4v) is 1.77. The summed E-state index contributed by atoms with van der Waals surface area (Å²) in [5, 5.41) is 0. The summed E-state index contributed by atoms with van der Waals surface area (Å²) in [5.41, 5.74) is 4.24. The molecule has 1 rings (SSSR count). The maximum Gasteiger partial charge on any atom is 0.309 e. The van der Waals surface area contributed by atoms with E-state index in [9.17, 15) is 4.79 Å². The molecule has 0 aromatic carbocycles. The first-order chi connectivity index (χ1) is 7.77. The molecule has 1 aliphatic rings. The summed E-state index contributed by atoms with van der Waals surface area (Å²) in [6.45, 7) is 4.45. The summed E-state index contributed by atoms with van der Waals surface area (Å²) in [6, 6.07) is 0. The second-order valence-electron chi connectivity index (χ2n) is 3.99. The van der Waals surface area contributed by atoms with Gasteiger partial charge in [0.2, 0.25) is 0 Å². The van der Waals surface area contributed by atoms with Gasteiger partial charge in [0.1, 0.15) is 0 Å². The van der Waals surface area contributed by atoms with Gasteiger partial charge in [-0.1, -0.05) is 31.9 Å². The van der Waals surface area contributed by atoms with Crippen molar-refractivity contribution in [2.24, 2.45) is 5.92 Å². The molecule has 88 valence electrons. The van der Waals surface area contributed by atoms with Crippen LogP contribution in [0.3, 0.4) is 0 Å². The molecular weight excluding hydrogens is 200 g/mol. The molecule has 0 bridgehead atoms. The molecule has 0 aliphatic heterocycles. The Hall–Kier alpha value is -1.27. The van der Waals surface area contributed by atoms with Crippen molar-refractivity contribution in [3.8, 4) is 0 Å². The van der Waals surface area contributed by atoms with Crippen LogP contribution in [0.15, 0.2) is 29.5 Å². The molecule has 0 fully saturated rings. The normalized spacial score (nSPS) is 15.0. The van der Waals surface area contributed by atoms with Gasteiger partial charge in [0.05, 0.1) is 12.5 Å². The van der Waals surface area contributed by atoms with Crippen molar-refractivity contribution in [3.05, 3.63) is 29.5 Å². The standard InChI is InChI=1S/C14H20O2/c1-3-5-10-13(14(15)16-4-2)11-12-8-6-7-9-12/h6-8,13H,3-5,10-11H2,1-2H3. The third-order valence-corrected chi connectivity index (χ3v) is 2.65. The summed E-state index contributed by atoms with van der Waals surface area (Å²) in [6.07, 6.45) is 9.71. The van der Waals surface area contributed by atoms with Crippen LogP contribution in [0.1, 0.15) is 39.5 Å². The molecule has 0 aromatic heterocycles. The molecule has 1 aliphatic carbocycles. The molecule has 0 saturated carbocycles. The van der Waals surface area contributed by atoms with Crippen LogP contribution in [-0.2, 0) is 9.53 Å². The SMILES string of the molecule is CCCCC(CC1=C=CC=C1)C(=O)OCC. The Morgan fingerprint density at radius 2 is 2.31 bits per heavy atom. The maximum atomic E-state index is 11.7. The van der Waals surface area contributed by atoms with Gasteiger partial charge in [0.25, 0.3) is 0 Å². The molecule has 0 aromatic rings. The highest BCUT2D eigenvalue weighted by atomic mass is 16.5. The van der Waals surface area contributed by atoms with Crippen molar-refractivity contribution in [2.75, 3.05) is 6.61 Å². The molecule has 0 heterocycles. The van der Waals surface area contributed by atoms with E-state index in [-0.39, 0.29) is 11.9 Å². The topological polar surface area (TPSA) is 26.3 Å². The van der Waals surface area contributed by atoms with Crippen molar-refractivity contribution < 1.29 is 9.53 Å². The van der Waals surface area contributed by atoms with Crippen molar-refractivity contribution >= 4 is 5.97 Å². The number of hydrogen-bond donors (Lipinski definition) is 0. The monoisotopic (exact) mass is 220 g/mol. The number of ether oxygens (including phenoxy) is 1. The van der Waals surface area contributed by atoms with Gasteiger partial charge in [-0.25, -0.2) is 0 Å². The van der Waals surface area contributed by atoms with E-state index in [1.165, 1.54) is 0 Å². The zero-order valence-electron chi connectivity index (χ0n) is 10.2. The van der Waals surface area contributed by atoms with Gasteiger partial charge in [0, 0.05) is 0 Å². The van der Waals surface area contributed by atoms with E-state index in [1.54, 1.807) is 0 Å². The van der Waals surface area contributed by atoms with Crippen LogP contribution in [0, 0.1) is 5.92 Å². The summed E-state index contributed by atoms with van der Waals surface area (Å²) in [5.74, 6) is -0.0656. The van der Waals surface area contributed by atoms with Gasteiger partial charge < -0.3 is 4.74 Å². The number of rotatable bonds is 7. The van der Waals surface area contributed by atoms with Crippen molar-refractivity contribution in [1.29, 1.82) is 0 Å². The van der Waals surface area contributed by atoms with Crippen LogP contribution in [0.2, 0.25) is 0 Å². The summed E-state index contributed by atoms with van der Waals surface area (Å²) >= 11 is 0. The number of carbonyl (C=O) groups excluding carboxylic acids is 1. The van der Waals surface area contributed by atoms with Gasteiger partial charge in [-0.15, -0.1) is 5.73 Å². The van der Waals surface area contributed by atoms with Crippen LogP contribution in [0.5, 0.6) is 0 Å². The van der Waals surface area contributed by atoms with E-state index in [2.05, 4.69) is 12.7 Å². The average molecular weight is 220 g/mol. The highest BCUT2D eigenvalue weighted by Crippen LogP contribution is 2.21. The molecular formula is C14H20O2. The van der Waals surface area contributed by atoms with E-state index in [0.29, 0.717) is 6.61 Å². The highest BCUT2D eigenvalue weighted by Gasteiger charge is 2.20. The minimum absolute atomic E-state index is 0.00134. The Kier molecular flexibility index (Phi) is 5.66. The Morgan fingerprint density at radius 1 is 1.50 bits per heavy atom. The number of allylic oxidation sites excluding steroid dienone is 3. The molecule has 0 spiro atoms. The Morgan fingerprint density at radius 3 is 2.88 bits per heavy atom. The maximum absolute atomic E-state index is 11.7. The lowest BCUT2D eigenvalue weighted by molar-refractivity contribution is -0.148. The smallest absolute Gasteiger partial charge is 0.309 e. The van der Waals surface area contributed by atoms with Crippen LogP contribution < -0.4 is 0 Å². The first-order valence-electron chi connectivity index (χ1n) is 6.06. The first-order valence-corrected chi connectivity index (χ1v) is 6.06. The van der Waals surface area contributed by atoms with E-state index in [0.717, 1.165) is 31.3 Å². The number of carbonyl (C=O) groups is 1. The third kappa shape index (κ3) is 4.08. The Balaban J connectivity index is 2.52. The number of esters is 1. The van der Waals surface area contributed by atoms with Crippen molar-refractivity contribution in [3.63, 3.8) is 0 Å². The lowest BCUT2D eigenvalue weighted by Gasteiger charge is -2.14. The first kappa shape index (κ1) is 12.8. The minimum Gasteiger partial charge on any atom is -0.466 e. The van der Waals surface area contributed by atoms with Crippen LogP contribution in [0.4, 0.5) is 0 Å². The van der Waals surface area contributed by atoms with Gasteiger partial charge >= 0.3 is 5.97 Å². The average Bonchev–Trinajstić information content (AvgIpc) is 2.77. The molecule has 16 heavy (non-hydrogen) atoms.